The zero-order valence-corrected chi connectivity index (χ0v) is 6.88. The molecule has 0 aromatic carbocycles. The molecule has 1 heterocycles. The van der Waals surface area contributed by atoms with E-state index in [0.717, 1.165) is 0 Å². The summed E-state index contributed by atoms with van der Waals surface area (Å²) in [5.41, 5.74) is 0.275. The lowest BCUT2D eigenvalue weighted by atomic mass is 10.4. The van der Waals surface area contributed by atoms with Gasteiger partial charge >= 0.3 is 5.97 Å². The highest BCUT2D eigenvalue weighted by Gasteiger charge is 2.03. The molecular formula is C7H8N2O4. The molecule has 70 valence electrons. The summed E-state index contributed by atoms with van der Waals surface area (Å²) in [6.45, 7) is -0.250. The monoisotopic (exact) mass is 184 g/mol. The molecule has 0 bridgehead atoms. The summed E-state index contributed by atoms with van der Waals surface area (Å²) in [5, 5.41) is 6.89. The van der Waals surface area contributed by atoms with Crippen LogP contribution in [0.2, 0.25) is 0 Å². The minimum atomic E-state index is -0.442. The normalized spacial score (nSPS) is 7.77. The first-order chi connectivity index (χ1) is 6.26. The molecule has 6 nitrogen and oxygen atoms in total. The number of hydrogen-bond acceptors (Lipinski definition) is 5. The molecule has 0 aliphatic rings. The van der Waals surface area contributed by atoms with Gasteiger partial charge in [-0.15, -0.1) is 0 Å². The van der Waals surface area contributed by atoms with Gasteiger partial charge in [0.05, 0.1) is 7.11 Å². The van der Waals surface area contributed by atoms with Gasteiger partial charge in [0.2, 0.25) is 0 Å². The molecule has 0 saturated heterocycles. The zero-order valence-electron chi connectivity index (χ0n) is 6.88. The number of ether oxygens (including phenoxy) is 1. The van der Waals surface area contributed by atoms with Crippen LogP contribution in [-0.4, -0.2) is 34.6 Å². The maximum atomic E-state index is 10.7. The van der Waals surface area contributed by atoms with Gasteiger partial charge in [-0.05, 0) is 6.07 Å². The van der Waals surface area contributed by atoms with Crippen LogP contribution < -0.4 is 0 Å². The Hall–Kier alpha value is -1.98. The summed E-state index contributed by atoms with van der Waals surface area (Å²) >= 11 is 0. The fraction of sp³-hybridized carbons (Fsp3) is 0.143. The number of carbonyl (C=O) groups is 2. The smallest absolute Gasteiger partial charge is 0.356 e. The number of nitrogens with zero attached hydrogens (tertiary/aromatic N) is 2. The number of carboxylic acid groups (broad SMARTS) is 1. The van der Waals surface area contributed by atoms with Crippen molar-refractivity contribution in [3.63, 3.8) is 0 Å². The Bertz CT molecular complexity index is 262. The molecule has 0 atom stereocenters. The molecule has 0 fully saturated rings. The Morgan fingerprint density at radius 3 is 2.69 bits per heavy atom. The molecule has 1 aromatic heterocycles. The van der Waals surface area contributed by atoms with Crippen LogP contribution in [0.15, 0.2) is 18.6 Å². The maximum Gasteiger partial charge on any atom is 0.356 e. The van der Waals surface area contributed by atoms with Crippen LogP contribution in [0.25, 0.3) is 0 Å². The van der Waals surface area contributed by atoms with Crippen molar-refractivity contribution in [3.05, 3.63) is 24.3 Å². The van der Waals surface area contributed by atoms with Crippen molar-refractivity contribution in [2.75, 3.05) is 7.11 Å². The lowest BCUT2D eigenvalue weighted by molar-refractivity contribution is -0.122. The van der Waals surface area contributed by atoms with Crippen molar-refractivity contribution < 1.29 is 19.4 Å². The van der Waals surface area contributed by atoms with Gasteiger partial charge in [0.15, 0.2) is 5.69 Å². The Morgan fingerprint density at radius 1 is 1.69 bits per heavy atom. The average molecular weight is 184 g/mol. The van der Waals surface area contributed by atoms with Crippen molar-refractivity contribution in [2.45, 2.75) is 0 Å². The van der Waals surface area contributed by atoms with Crippen LogP contribution in [0.3, 0.4) is 0 Å². The van der Waals surface area contributed by atoms with E-state index in [1.165, 1.54) is 25.7 Å². The van der Waals surface area contributed by atoms with Crippen LogP contribution in [0.4, 0.5) is 0 Å². The number of rotatable bonds is 1. The quantitative estimate of drug-likeness (QED) is 0.486. The van der Waals surface area contributed by atoms with E-state index in [9.17, 15) is 4.79 Å². The minimum Gasteiger partial charge on any atom is -0.483 e. The summed E-state index contributed by atoms with van der Waals surface area (Å²) < 4.78 is 4.41. The van der Waals surface area contributed by atoms with Gasteiger partial charge in [0.25, 0.3) is 6.47 Å². The van der Waals surface area contributed by atoms with E-state index in [2.05, 4.69) is 14.7 Å². The Labute approximate surface area is 74.2 Å². The van der Waals surface area contributed by atoms with Crippen LogP contribution in [0, 0.1) is 0 Å². The van der Waals surface area contributed by atoms with Gasteiger partial charge < -0.3 is 9.84 Å². The lowest BCUT2D eigenvalue weighted by Gasteiger charge is -1.93. The third-order valence-electron chi connectivity index (χ3n) is 0.976. The summed E-state index contributed by atoms with van der Waals surface area (Å²) in [6, 6.07) is 1.49. The first kappa shape index (κ1) is 11.0. The predicted octanol–water partition coefficient (Wildman–Crippen LogP) is -0.0360. The van der Waals surface area contributed by atoms with Crippen LogP contribution in [0.1, 0.15) is 10.5 Å². The predicted molar refractivity (Wildman–Crippen MR) is 42.1 cm³/mol. The largest absolute Gasteiger partial charge is 0.483 e. The second kappa shape index (κ2) is 6.71. The molecule has 1 aromatic rings. The van der Waals surface area contributed by atoms with Crippen molar-refractivity contribution >= 4 is 12.4 Å². The highest BCUT2D eigenvalue weighted by atomic mass is 16.5. The van der Waals surface area contributed by atoms with E-state index >= 15 is 0 Å². The second-order valence-electron chi connectivity index (χ2n) is 1.69. The SMILES string of the molecule is COC(=O)c1ccncn1.O=CO. The van der Waals surface area contributed by atoms with Crippen molar-refractivity contribution in [3.8, 4) is 0 Å². The van der Waals surface area contributed by atoms with Gasteiger partial charge in [-0.2, -0.15) is 0 Å². The van der Waals surface area contributed by atoms with Gasteiger partial charge in [0.1, 0.15) is 6.33 Å². The molecular weight excluding hydrogens is 176 g/mol. The minimum absolute atomic E-state index is 0.250. The van der Waals surface area contributed by atoms with Crippen molar-refractivity contribution in [1.82, 2.24) is 9.97 Å². The molecule has 0 saturated carbocycles. The van der Waals surface area contributed by atoms with Crippen LogP contribution in [0.5, 0.6) is 0 Å². The third-order valence-corrected chi connectivity index (χ3v) is 0.976. The molecule has 0 unspecified atom stereocenters. The molecule has 1 N–H and O–H groups in total. The number of methoxy groups -OCH3 is 1. The van der Waals surface area contributed by atoms with Crippen LogP contribution >= 0.6 is 0 Å². The Morgan fingerprint density at radius 2 is 2.31 bits per heavy atom. The Balaban J connectivity index is 0.000000424. The standard InChI is InChI=1S/C6H6N2O2.CH2O2/c1-10-6(9)5-2-3-7-4-8-5;2-1-3/h2-4H,1H3;1H,(H,2,3). The molecule has 0 radical (unpaired) electrons. The molecule has 0 aliphatic carbocycles. The van der Waals surface area contributed by atoms with E-state index < -0.39 is 5.97 Å². The molecule has 0 amide bonds. The summed E-state index contributed by atoms with van der Waals surface area (Å²) in [7, 11) is 1.31. The zero-order chi connectivity index (χ0) is 10.1. The number of aromatic nitrogens is 2. The summed E-state index contributed by atoms with van der Waals surface area (Å²) in [5.74, 6) is -0.442. The molecule has 6 heteroatoms. The van der Waals surface area contributed by atoms with E-state index in [1.807, 2.05) is 0 Å². The number of esters is 1. The maximum absolute atomic E-state index is 10.7. The molecule has 0 spiro atoms. The summed E-state index contributed by atoms with van der Waals surface area (Å²) in [4.78, 5) is 26.4. The fourth-order valence-corrected chi connectivity index (χ4v) is 0.516. The fourth-order valence-electron chi connectivity index (χ4n) is 0.516. The van der Waals surface area contributed by atoms with E-state index in [1.54, 1.807) is 0 Å². The van der Waals surface area contributed by atoms with Gasteiger partial charge in [0, 0.05) is 6.20 Å². The first-order valence-electron chi connectivity index (χ1n) is 3.18. The topological polar surface area (TPSA) is 89.4 Å². The Kier molecular flexibility index (Phi) is 5.69. The number of hydrogen-bond donors (Lipinski definition) is 1. The van der Waals surface area contributed by atoms with Gasteiger partial charge in [-0.25, -0.2) is 14.8 Å². The van der Waals surface area contributed by atoms with Crippen molar-refractivity contribution in [1.29, 1.82) is 0 Å². The van der Waals surface area contributed by atoms with Crippen LogP contribution in [-0.2, 0) is 9.53 Å². The average Bonchev–Trinajstić information content (AvgIpc) is 2.19. The van der Waals surface area contributed by atoms with E-state index in [-0.39, 0.29) is 12.2 Å². The first-order valence-corrected chi connectivity index (χ1v) is 3.18. The second-order valence-corrected chi connectivity index (χ2v) is 1.69. The highest BCUT2D eigenvalue weighted by Crippen LogP contribution is 1.91. The molecule has 13 heavy (non-hydrogen) atoms. The van der Waals surface area contributed by atoms with Crippen molar-refractivity contribution in [2.24, 2.45) is 0 Å². The highest BCUT2D eigenvalue weighted by molar-refractivity contribution is 5.86. The molecule has 0 aliphatic heterocycles. The van der Waals surface area contributed by atoms with E-state index in [0.29, 0.717) is 0 Å². The van der Waals surface area contributed by atoms with E-state index in [4.69, 9.17) is 9.90 Å². The lowest BCUT2D eigenvalue weighted by Crippen LogP contribution is -2.03. The third kappa shape index (κ3) is 4.46. The number of carbonyl (C=O) groups excluding carboxylic acids is 1. The van der Waals surface area contributed by atoms with Gasteiger partial charge in [-0.1, -0.05) is 0 Å². The summed E-state index contributed by atoms with van der Waals surface area (Å²) in [6.07, 6.45) is 2.78. The molecule has 1 rings (SSSR count). The van der Waals surface area contributed by atoms with Gasteiger partial charge in [-0.3, -0.25) is 4.79 Å².